The van der Waals surface area contributed by atoms with Crippen molar-refractivity contribution in [1.29, 1.82) is 0 Å². The van der Waals surface area contributed by atoms with Crippen LogP contribution in [0.25, 0.3) is 28.5 Å². The monoisotopic (exact) mass is 426 g/mol. The lowest BCUT2D eigenvalue weighted by molar-refractivity contribution is 0.577. The molecular formula is C25H26N6O. The van der Waals surface area contributed by atoms with Gasteiger partial charge >= 0.3 is 6.01 Å². The van der Waals surface area contributed by atoms with Gasteiger partial charge in [-0.1, -0.05) is 66.3 Å². The smallest absolute Gasteiger partial charge is 0.315 e. The minimum atomic E-state index is 0.344. The van der Waals surface area contributed by atoms with E-state index in [1.165, 1.54) is 5.56 Å². The molecule has 2 aromatic carbocycles. The molecule has 2 aromatic heterocycles. The highest BCUT2D eigenvalue weighted by molar-refractivity contribution is 5.68. The number of aryl methyl sites for hydroxylation is 1. The average molecular weight is 427 g/mol. The molecule has 0 amide bonds. The van der Waals surface area contributed by atoms with E-state index in [0.717, 1.165) is 34.6 Å². The van der Waals surface area contributed by atoms with Crippen molar-refractivity contribution < 1.29 is 4.42 Å². The summed E-state index contributed by atoms with van der Waals surface area (Å²) < 4.78 is 5.80. The third kappa shape index (κ3) is 4.83. The Morgan fingerprint density at radius 3 is 2.50 bits per heavy atom. The number of hydrogen-bond donors (Lipinski definition) is 1. The van der Waals surface area contributed by atoms with E-state index in [1.54, 1.807) is 6.20 Å². The molecular weight excluding hydrogens is 400 g/mol. The van der Waals surface area contributed by atoms with Crippen molar-refractivity contribution in [3.05, 3.63) is 84.2 Å². The summed E-state index contributed by atoms with van der Waals surface area (Å²) in [6.07, 6.45) is 2.62. The summed E-state index contributed by atoms with van der Waals surface area (Å²) in [5, 5.41) is 11.4. The third-order valence-corrected chi connectivity index (χ3v) is 5.17. The molecule has 162 valence electrons. The van der Waals surface area contributed by atoms with E-state index < -0.39 is 0 Å². The Labute approximate surface area is 187 Å². The Balaban J connectivity index is 1.49. The van der Waals surface area contributed by atoms with Crippen LogP contribution in [0.1, 0.15) is 16.8 Å². The Morgan fingerprint density at radius 2 is 1.78 bits per heavy atom. The van der Waals surface area contributed by atoms with E-state index >= 15 is 0 Å². The van der Waals surface area contributed by atoms with Crippen LogP contribution < -0.4 is 5.32 Å². The molecule has 0 aliphatic heterocycles. The molecule has 0 unspecified atom stereocenters. The largest absolute Gasteiger partial charge is 0.402 e. The second-order valence-corrected chi connectivity index (χ2v) is 7.68. The molecule has 4 aromatic rings. The highest BCUT2D eigenvalue weighted by atomic mass is 16.4. The van der Waals surface area contributed by atoms with Crippen molar-refractivity contribution >= 4 is 11.7 Å². The number of nitrogens with zero attached hydrogens (tertiary/aromatic N) is 5. The predicted molar refractivity (Wildman–Crippen MR) is 127 cm³/mol. The molecule has 0 atom stereocenters. The molecule has 0 radical (unpaired) electrons. The number of aromatic nitrogens is 4. The maximum absolute atomic E-state index is 5.80. The van der Waals surface area contributed by atoms with E-state index in [-0.39, 0.29) is 0 Å². The third-order valence-electron chi connectivity index (χ3n) is 5.17. The fraction of sp³-hybridized carbons (Fsp3) is 0.200. The maximum atomic E-state index is 5.80. The fourth-order valence-electron chi connectivity index (χ4n) is 3.23. The van der Waals surface area contributed by atoms with Crippen LogP contribution in [-0.2, 0) is 6.42 Å². The predicted octanol–water partition coefficient (Wildman–Crippen LogP) is 4.69. The second-order valence-electron chi connectivity index (χ2n) is 7.68. The number of rotatable bonds is 8. The summed E-state index contributed by atoms with van der Waals surface area (Å²) in [5.74, 6) is 0.344. The number of nitrogens with one attached hydrogen (secondary N) is 1. The fourth-order valence-corrected chi connectivity index (χ4v) is 3.23. The van der Waals surface area contributed by atoms with E-state index in [4.69, 9.17) is 9.40 Å². The zero-order chi connectivity index (χ0) is 22.5. The molecule has 0 aliphatic carbocycles. The first-order valence-corrected chi connectivity index (χ1v) is 10.4. The van der Waals surface area contributed by atoms with Gasteiger partial charge in [0.1, 0.15) is 5.69 Å². The van der Waals surface area contributed by atoms with E-state index in [2.05, 4.69) is 39.2 Å². The van der Waals surface area contributed by atoms with Gasteiger partial charge in [0.25, 0.3) is 5.89 Å². The molecule has 0 aliphatic rings. The minimum Gasteiger partial charge on any atom is -0.402 e. The van der Waals surface area contributed by atoms with Gasteiger partial charge in [-0.3, -0.25) is 4.98 Å². The molecule has 0 bridgehead atoms. The summed E-state index contributed by atoms with van der Waals surface area (Å²) in [4.78, 5) is 11.2. The van der Waals surface area contributed by atoms with Crippen molar-refractivity contribution in [2.24, 2.45) is 0 Å². The Kier molecular flexibility index (Phi) is 6.26. The first-order chi connectivity index (χ1) is 15.5. The van der Waals surface area contributed by atoms with Crippen LogP contribution in [0.5, 0.6) is 0 Å². The molecule has 7 heteroatoms. The first kappa shape index (κ1) is 21.2. The van der Waals surface area contributed by atoms with Crippen molar-refractivity contribution in [3.63, 3.8) is 0 Å². The van der Waals surface area contributed by atoms with Crippen LogP contribution in [-0.4, -0.2) is 45.7 Å². The molecule has 4 rings (SSSR count). The van der Waals surface area contributed by atoms with Gasteiger partial charge in [0.15, 0.2) is 0 Å². The van der Waals surface area contributed by atoms with Crippen molar-refractivity contribution in [1.82, 2.24) is 25.1 Å². The van der Waals surface area contributed by atoms with Gasteiger partial charge in [0.2, 0.25) is 0 Å². The van der Waals surface area contributed by atoms with E-state index in [9.17, 15) is 0 Å². The Morgan fingerprint density at radius 1 is 1.03 bits per heavy atom. The van der Waals surface area contributed by atoms with Gasteiger partial charge in [-0.15, -0.1) is 5.10 Å². The summed E-state index contributed by atoms with van der Waals surface area (Å²) in [6.45, 7) is 6.67. The van der Waals surface area contributed by atoms with Gasteiger partial charge in [-0.25, -0.2) is 4.98 Å². The van der Waals surface area contributed by atoms with E-state index in [0.29, 0.717) is 24.1 Å². The molecule has 32 heavy (non-hydrogen) atoms. The Bertz CT molecular complexity index is 1200. The lowest BCUT2D eigenvalue weighted by Gasteiger charge is -2.16. The van der Waals surface area contributed by atoms with Crippen LogP contribution in [0.15, 0.2) is 71.8 Å². The topological polar surface area (TPSA) is 80.0 Å². The second kappa shape index (κ2) is 9.43. The minimum absolute atomic E-state index is 0.344. The van der Waals surface area contributed by atoms with E-state index in [1.807, 2.05) is 68.4 Å². The summed E-state index contributed by atoms with van der Waals surface area (Å²) in [5.41, 5.74) is 6.25. The maximum Gasteiger partial charge on any atom is 0.315 e. The lowest BCUT2D eigenvalue weighted by atomic mass is 10.1. The Hall–Kier alpha value is -4.00. The zero-order valence-electron chi connectivity index (χ0n) is 18.5. The van der Waals surface area contributed by atoms with Crippen molar-refractivity contribution in [3.8, 4) is 22.8 Å². The zero-order valence-corrected chi connectivity index (χ0v) is 18.5. The molecule has 7 nitrogen and oxygen atoms in total. The molecule has 0 spiro atoms. The molecule has 1 N–H and O–H groups in total. The summed E-state index contributed by atoms with van der Waals surface area (Å²) >= 11 is 0. The van der Waals surface area contributed by atoms with Gasteiger partial charge in [0.05, 0.1) is 17.6 Å². The van der Waals surface area contributed by atoms with Crippen LogP contribution in [0.3, 0.4) is 0 Å². The SMILES string of the molecule is C=C(c1ccc(-c2cnc(C)c(-c3nnc(NCCc4ccccc4)o3)n2)cc1)N(C)C. The van der Waals surface area contributed by atoms with Gasteiger partial charge < -0.3 is 14.6 Å². The summed E-state index contributed by atoms with van der Waals surface area (Å²) in [6, 6.07) is 18.7. The van der Waals surface area contributed by atoms with Crippen LogP contribution in [0.2, 0.25) is 0 Å². The number of anilines is 1. The first-order valence-electron chi connectivity index (χ1n) is 10.4. The molecule has 2 heterocycles. The van der Waals surface area contributed by atoms with Gasteiger partial charge in [-0.05, 0) is 24.5 Å². The van der Waals surface area contributed by atoms with Crippen molar-refractivity contribution in [2.75, 3.05) is 26.0 Å². The van der Waals surface area contributed by atoms with Gasteiger partial charge in [-0.2, -0.15) is 0 Å². The molecule has 0 fully saturated rings. The van der Waals surface area contributed by atoms with Crippen LogP contribution in [0, 0.1) is 6.92 Å². The number of benzene rings is 2. The highest BCUT2D eigenvalue weighted by Crippen LogP contribution is 2.26. The quantitative estimate of drug-likeness (QED) is 0.438. The summed E-state index contributed by atoms with van der Waals surface area (Å²) in [7, 11) is 3.95. The van der Waals surface area contributed by atoms with Crippen LogP contribution >= 0.6 is 0 Å². The lowest BCUT2D eigenvalue weighted by Crippen LogP contribution is -2.08. The molecule has 0 saturated heterocycles. The number of hydrogen-bond acceptors (Lipinski definition) is 7. The van der Waals surface area contributed by atoms with Gasteiger partial charge in [0, 0.05) is 31.9 Å². The molecule has 0 saturated carbocycles. The highest BCUT2D eigenvalue weighted by Gasteiger charge is 2.15. The van der Waals surface area contributed by atoms with Crippen LogP contribution in [0.4, 0.5) is 6.01 Å². The standard InChI is InChI=1S/C25H26N6O/c1-17-23(24-29-30-25(32-24)26-15-14-19-8-6-5-7-9-19)28-22(16-27-17)21-12-10-20(11-13-21)18(2)31(3)4/h5-13,16H,2,14-15H2,1,3-4H3,(H,26,30). The average Bonchev–Trinajstić information content (AvgIpc) is 3.28. The normalized spacial score (nSPS) is 10.7. The van der Waals surface area contributed by atoms with Crippen molar-refractivity contribution in [2.45, 2.75) is 13.3 Å².